The number of halogens is 1. The number of hydrogen-bond acceptors (Lipinski definition) is 4. The van der Waals surface area contributed by atoms with E-state index in [1.54, 1.807) is 18.2 Å². The average molecular weight is 232 g/mol. The van der Waals surface area contributed by atoms with Crippen LogP contribution in [0, 0.1) is 0 Å². The smallest absolute Gasteiger partial charge is 0.138 e. The van der Waals surface area contributed by atoms with E-state index in [9.17, 15) is 5.11 Å². The number of para-hydroxylation sites is 1. The fourth-order valence-electron chi connectivity index (χ4n) is 1.14. The normalized spacial score (nSPS) is 10.9. The monoisotopic (exact) mass is 231 g/mol. The molecule has 0 atom stereocenters. The van der Waals surface area contributed by atoms with Gasteiger partial charge in [-0.25, -0.2) is 0 Å². The highest BCUT2D eigenvalue weighted by molar-refractivity contribution is 6.32. The van der Waals surface area contributed by atoms with Crippen molar-refractivity contribution in [2.45, 2.75) is 12.6 Å². The summed E-state index contributed by atoms with van der Waals surface area (Å²) in [6.45, 7) is 0.0356. The molecule has 0 aliphatic rings. The topological polar surface area (TPSA) is 72.7 Å². The molecular formula is C10H14ClNO3. The lowest BCUT2D eigenvalue weighted by Gasteiger charge is -2.14. The maximum Gasteiger partial charge on any atom is 0.138 e. The minimum absolute atomic E-state index is 0.0290. The third-order valence-corrected chi connectivity index (χ3v) is 2.40. The third kappa shape index (κ3) is 3.35. The van der Waals surface area contributed by atoms with Gasteiger partial charge in [-0.1, -0.05) is 23.7 Å². The van der Waals surface area contributed by atoms with Crippen LogP contribution in [-0.2, 0) is 6.54 Å². The summed E-state index contributed by atoms with van der Waals surface area (Å²) in [6.07, 6.45) is 0. The van der Waals surface area contributed by atoms with Crippen molar-refractivity contribution in [3.63, 3.8) is 0 Å². The first-order valence-corrected chi connectivity index (χ1v) is 4.98. The van der Waals surface area contributed by atoms with Gasteiger partial charge >= 0.3 is 0 Å². The van der Waals surface area contributed by atoms with Gasteiger partial charge in [0.15, 0.2) is 0 Å². The molecule has 0 aliphatic carbocycles. The van der Waals surface area contributed by atoms with Crippen LogP contribution in [0.5, 0.6) is 5.75 Å². The molecule has 0 radical (unpaired) electrons. The summed E-state index contributed by atoms with van der Waals surface area (Å²) in [7, 11) is 0. The van der Waals surface area contributed by atoms with Gasteiger partial charge in [-0.3, -0.25) is 0 Å². The quantitative estimate of drug-likeness (QED) is 0.595. The minimum Gasteiger partial charge on any atom is -0.506 e. The highest BCUT2D eigenvalue weighted by atomic mass is 35.5. The van der Waals surface area contributed by atoms with Gasteiger partial charge < -0.3 is 20.6 Å². The van der Waals surface area contributed by atoms with Crippen molar-refractivity contribution in [1.29, 1.82) is 0 Å². The molecule has 4 nitrogen and oxygen atoms in total. The second-order valence-corrected chi connectivity index (χ2v) is 3.60. The Bertz CT molecular complexity index is 316. The van der Waals surface area contributed by atoms with Crippen LogP contribution in [0.2, 0.25) is 5.02 Å². The maximum absolute atomic E-state index is 9.56. The zero-order valence-corrected chi connectivity index (χ0v) is 8.91. The molecule has 0 fully saturated rings. The Morgan fingerprint density at radius 2 is 1.93 bits per heavy atom. The van der Waals surface area contributed by atoms with Crippen LogP contribution in [0.15, 0.2) is 18.2 Å². The van der Waals surface area contributed by atoms with E-state index in [1.165, 1.54) is 0 Å². The van der Waals surface area contributed by atoms with E-state index >= 15 is 0 Å². The molecule has 0 unspecified atom stereocenters. The van der Waals surface area contributed by atoms with E-state index in [0.717, 1.165) is 0 Å². The molecule has 15 heavy (non-hydrogen) atoms. The molecule has 0 aromatic heterocycles. The second kappa shape index (κ2) is 5.92. The summed E-state index contributed by atoms with van der Waals surface area (Å²) >= 11 is 5.72. The van der Waals surface area contributed by atoms with E-state index in [1.807, 2.05) is 0 Å². The highest BCUT2D eigenvalue weighted by Gasteiger charge is 2.08. The Morgan fingerprint density at radius 1 is 1.27 bits per heavy atom. The number of aliphatic hydroxyl groups excluding tert-OH is 2. The first-order valence-electron chi connectivity index (χ1n) is 4.60. The Kier molecular flexibility index (Phi) is 4.84. The Hall–Kier alpha value is -0.810. The van der Waals surface area contributed by atoms with E-state index in [0.29, 0.717) is 17.1 Å². The Morgan fingerprint density at radius 3 is 2.53 bits per heavy atom. The van der Waals surface area contributed by atoms with Gasteiger partial charge in [0, 0.05) is 12.1 Å². The number of benzene rings is 1. The largest absolute Gasteiger partial charge is 0.506 e. The van der Waals surface area contributed by atoms with E-state index in [-0.39, 0.29) is 25.0 Å². The SMILES string of the molecule is OCC(CO)NCc1cccc(Cl)c1O. The second-order valence-electron chi connectivity index (χ2n) is 3.19. The number of nitrogens with one attached hydrogen (secondary N) is 1. The van der Waals surface area contributed by atoms with Crippen molar-refractivity contribution >= 4 is 11.6 Å². The molecule has 0 spiro atoms. The number of aromatic hydroxyl groups is 1. The number of phenols is 1. The Balaban J connectivity index is 2.61. The number of hydrogen-bond donors (Lipinski definition) is 4. The first kappa shape index (κ1) is 12.3. The van der Waals surface area contributed by atoms with E-state index < -0.39 is 0 Å². The molecule has 0 saturated carbocycles. The highest BCUT2D eigenvalue weighted by Crippen LogP contribution is 2.26. The van der Waals surface area contributed by atoms with Crippen LogP contribution in [-0.4, -0.2) is 34.6 Å². The molecule has 1 aromatic rings. The van der Waals surface area contributed by atoms with Crippen LogP contribution >= 0.6 is 11.6 Å². The van der Waals surface area contributed by atoms with Gasteiger partial charge in [0.2, 0.25) is 0 Å². The van der Waals surface area contributed by atoms with Crippen LogP contribution in [0.4, 0.5) is 0 Å². The van der Waals surface area contributed by atoms with Gasteiger partial charge in [0.05, 0.1) is 24.3 Å². The summed E-state index contributed by atoms with van der Waals surface area (Å²) in [5.41, 5.74) is 0.634. The lowest BCUT2D eigenvalue weighted by molar-refractivity contribution is 0.170. The zero-order chi connectivity index (χ0) is 11.3. The molecule has 4 N–H and O–H groups in total. The molecule has 84 valence electrons. The minimum atomic E-state index is -0.386. The predicted molar refractivity (Wildman–Crippen MR) is 57.9 cm³/mol. The first-order chi connectivity index (χ1) is 7.19. The van der Waals surface area contributed by atoms with Gasteiger partial charge in [-0.2, -0.15) is 0 Å². The van der Waals surface area contributed by atoms with Crippen molar-refractivity contribution in [1.82, 2.24) is 5.32 Å². The summed E-state index contributed by atoms with van der Waals surface area (Å²) in [5.74, 6) is 0.0290. The lowest BCUT2D eigenvalue weighted by Crippen LogP contribution is -2.35. The molecule has 1 rings (SSSR count). The Labute approximate surface area is 93.1 Å². The van der Waals surface area contributed by atoms with Crippen LogP contribution in [0.3, 0.4) is 0 Å². The molecule has 0 saturated heterocycles. The molecule has 0 bridgehead atoms. The molecule has 1 aromatic carbocycles. The van der Waals surface area contributed by atoms with Gasteiger partial charge in [-0.15, -0.1) is 0 Å². The average Bonchev–Trinajstić information content (AvgIpc) is 2.25. The van der Waals surface area contributed by atoms with Gasteiger partial charge in [-0.05, 0) is 6.07 Å². The fourth-order valence-corrected chi connectivity index (χ4v) is 1.34. The molecule has 0 aliphatic heterocycles. The fraction of sp³-hybridized carbons (Fsp3) is 0.400. The molecule has 0 amide bonds. The third-order valence-electron chi connectivity index (χ3n) is 2.09. The standard InChI is InChI=1S/C10H14ClNO3/c11-9-3-1-2-7(10(9)15)4-12-8(5-13)6-14/h1-3,8,12-15H,4-6H2. The van der Waals surface area contributed by atoms with Gasteiger partial charge in [0.1, 0.15) is 5.75 Å². The van der Waals surface area contributed by atoms with Crippen LogP contribution in [0.25, 0.3) is 0 Å². The summed E-state index contributed by atoms with van der Waals surface area (Å²) in [4.78, 5) is 0. The van der Waals surface area contributed by atoms with Crippen molar-refractivity contribution in [2.75, 3.05) is 13.2 Å². The van der Waals surface area contributed by atoms with Crippen molar-refractivity contribution in [3.05, 3.63) is 28.8 Å². The summed E-state index contributed by atoms with van der Waals surface area (Å²) < 4.78 is 0. The van der Waals surface area contributed by atoms with Crippen LogP contribution in [0.1, 0.15) is 5.56 Å². The van der Waals surface area contributed by atoms with Crippen molar-refractivity contribution in [3.8, 4) is 5.75 Å². The molecule has 0 heterocycles. The van der Waals surface area contributed by atoms with Gasteiger partial charge in [0.25, 0.3) is 0 Å². The van der Waals surface area contributed by atoms with Crippen molar-refractivity contribution < 1.29 is 15.3 Å². The maximum atomic E-state index is 9.56. The summed E-state index contributed by atoms with van der Waals surface area (Å²) in [5, 5.41) is 30.4. The zero-order valence-electron chi connectivity index (χ0n) is 8.15. The molecule has 5 heteroatoms. The number of aliphatic hydroxyl groups is 2. The predicted octanol–water partition coefficient (Wildman–Crippen LogP) is 0.488. The number of rotatable bonds is 5. The van der Waals surface area contributed by atoms with Crippen LogP contribution < -0.4 is 5.32 Å². The molecular weight excluding hydrogens is 218 g/mol. The van der Waals surface area contributed by atoms with E-state index in [4.69, 9.17) is 21.8 Å². The number of phenolic OH excluding ortho intramolecular Hbond substituents is 1. The lowest BCUT2D eigenvalue weighted by atomic mass is 10.2. The van der Waals surface area contributed by atoms with Crippen molar-refractivity contribution in [2.24, 2.45) is 0 Å². The summed E-state index contributed by atoms with van der Waals surface area (Å²) in [6, 6.07) is 4.66. The van der Waals surface area contributed by atoms with E-state index in [2.05, 4.69) is 5.32 Å².